The molecule has 3 aromatic heterocycles. The Hall–Kier alpha value is -3.09. The van der Waals surface area contributed by atoms with Gasteiger partial charge in [-0.15, -0.1) is 11.3 Å². The first-order valence-corrected chi connectivity index (χ1v) is 11.7. The van der Waals surface area contributed by atoms with Crippen molar-refractivity contribution >= 4 is 39.4 Å². The Bertz CT molecular complexity index is 1150. The molecule has 2 aliphatic heterocycles. The first-order chi connectivity index (χ1) is 16.0. The molecule has 0 aliphatic carbocycles. The second-order valence-corrected chi connectivity index (χ2v) is 9.28. The lowest BCUT2D eigenvalue weighted by Crippen LogP contribution is -2.47. The van der Waals surface area contributed by atoms with Gasteiger partial charge in [0.25, 0.3) is 0 Å². The Morgan fingerprint density at radius 2 is 1.82 bits per heavy atom. The number of nitrogen functional groups attached to an aromatic ring is 1. The van der Waals surface area contributed by atoms with Crippen LogP contribution < -0.4 is 10.6 Å². The molecule has 0 atom stereocenters. The SMILES string of the molecule is Cc1c(CN2CCN(C(=O)O)CC2)sc2c(N3CCOCC3)nc(-c3cnc(N)nc3)nc12. The zero-order valence-electron chi connectivity index (χ0n) is 18.4. The van der Waals surface area contributed by atoms with Crippen molar-refractivity contribution in [3.63, 3.8) is 0 Å². The lowest BCUT2D eigenvalue weighted by Gasteiger charge is -2.32. The molecule has 5 heterocycles. The minimum absolute atomic E-state index is 0.213. The van der Waals surface area contributed by atoms with Crippen LogP contribution in [0.15, 0.2) is 12.4 Å². The summed E-state index contributed by atoms with van der Waals surface area (Å²) >= 11 is 1.72. The molecular formula is C21H26N8O3S. The van der Waals surface area contributed by atoms with Crippen LogP contribution in [0, 0.1) is 6.92 Å². The topological polar surface area (TPSA) is 134 Å². The van der Waals surface area contributed by atoms with Crippen LogP contribution in [0.2, 0.25) is 0 Å². The van der Waals surface area contributed by atoms with E-state index in [9.17, 15) is 9.90 Å². The van der Waals surface area contributed by atoms with Crippen molar-refractivity contribution < 1.29 is 14.6 Å². The third kappa shape index (κ3) is 4.41. The van der Waals surface area contributed by atoms with E-state index in [1.165, 1.54) is 9.78 Å². The van der Waals surface area contributed by atoms with E-state index in [0.29, 0.717) is 32.1 Å². The number of anilines is 2. The summed E-state index contributed by atoms with van der Waals surface area (Å²) in [6.45, 7) is 8.23. The van der Waals surface area contributed by atoms with Gasteiger partial charge in [-0.1, -0.05) is 0 Å². The number of aryl methyl sites for hydroxylation is 1. The molecule has 3 aromatic rings. The van der Waals surface area contributed by atoms with E-state index < -0.39 is 6.09 Å². The molecule has 0 spiro atoms. The van der Waals surface area contributed by atoms with Gasteiger partial charge in [-0.3, -0.25) is 4.90 Å². The number of piperazine rings is 1. The summed E-state index contributed by atoms with van der Waals surface area (Å²) in [7, 11) is 0. The van der Waals surface area contributed by atoms with Crippen LogP contribution in [0.5, 0.6) is 0 Å². The van der Waals surface area contributed by atoms with Gasteiger partial charge in [0, 0.05) is 63.1 Å². The van der Waals surface area contributed by atoms with Crippen molar-refractivity contribution in [3.8, 4) is 11.4 Å². The Labute approximate surface area is 194 Å². The average molecular weight is 471 g/mol. The number of nitrogens with zero attached hydrogens (tertiary/aromatic N) is 7. The Morgan fingerprint density at radius 3 is 2.48 bits per heavy atom. The van der Waals surface area contributed by atoms with Gasteiger partial charge in [-0.2, -0.15) is 0 Å². The summed E-state index contributed by atoms with van der Waals surface area (Å²) in [5, 5.41) is 9.21. The van der Waals surface area contributed by atoms with Crippen molar-refractivity contribution in [3.05, 3.63) is 22.8 Å². The maximum absolute atomic E-state index is 11.2. The average Bonchev–Trinajstić information content (AvgIpc) is 3.15. The molecule has 0 radical (unpaired) electrons. The third-order valence-electron chi connectivity index (χ3n) is 6.10. The number of fused-ring (bicyclic) bond motifs is 1. The summed E-state index contributed by atoms with van der Waals surface area (Å²) in [4.78, 5) is 36.5. The summed E-state index contributed by atoms with van der Waals surface area (Å²) in [5.41, 5.74) is 8.44. The highest BCUT2D eigenvalue weighted by molar-refractivity contribution is 7.19. The maximum Gasteiger partial charge on any atom is 0.407 e. The molecule has 33 heavy (non-hydrogen) atoms. The van der Waals surface area contributed by atoms with Crippen molar-refractivity contribution in [2.24, 2.45) is 0 Å². The van der Waals surface area contributed by atoms with Gasteiger partial charge in [0.05, 0.1) is 29.0 Å². The lowest BCUT2D eigenvalue weighted by atomic mass is 10.2. The van der Waals surface area contributed by atoms with Crippen LogP contribution in [0.3, 0.4) is 0 Å². The highest BCUT2D eigenvalue weighted by Gasteiger charge is 2.25. The van der Waals surface area contributed by atoms with Gasteiger partial charge in [0.2, 0.25) is 5.95 Å². The maximum atomic E-state index is 11.2. The van der Waals surface area contributed by atoms with Crippen LogP contribution in [0.1, 0.15) is 10.4 Å². The molecule has 3 N–H and O–H groups in total. The standard InChI is InChI=1S/C21H26N8O3S/c1-13-15(12-27-2-4-29(5-3-27)21(30)31)33-17-16(13)25-18(14-10-23-20(22)24-11-14)26-19(17)28-6-8-32-9-7-28/h10-11H,2-9,12H2,1H3,(H,30,31)(H2,22,23,24). The van der Waals surface area contributed by atoms with Crippen molar-refractivity contribution in [1.29, 1.82) is 0 Å². The van der Waals surface area contributed by atoms with Crippen molar-refractivity contribution in [2.45, 2.75) is 13.5 Å². The number of ether oxygens (including phenoxy) is 1. The van der Waals surface area contributed by atoms with Gasteiger partial charge in [0.1, 0.15) is 0 Å². The molecule has 11 nitrogen and oxygen atoms in total. The number of hydrogen-bond donors (Lipinski definition) is 2. The van der Waals surface area contributed by atoms with E-state index >= 15 is 0 Å². The molecule has 2 aliphatic rings. The Morgan fingerprint density at radius 1 is 1.12 bits per heavy atom. The molecule has 2 saturated heterocycles. The fourth-order valence-electron chi connectivity index (χ4n) is 4.14. The molecule has 12 heteroatoms. The predicted octanol–water partition coefficient (Wildman–Crippen LogP) is 1.67. The third-order valence-corrected chi connectivity index (χ3v) is 7.36. The number of nitrogens with two attached hydrogens (primary N) is 1. The molecule has 5 rings (SSSR count). The van der Waals surface area contributed by atoms with Crippen molar-refractivity contribution in [2.75, 3.05) is 63.1 Å². The first-order valence-electron chi connectivity index (χ1n) is 10.9. The molecule has 0 bridgehead atoms. The number of carboxylic acid groups (broad SMARTS) is 1. The highest BCUT2D eigenvalue weighted by atomic mass is 32.1. The molecule has 1 amide bonds. The smallest absolute Gasteiger partial charge is 0.407 e. The fraction of sp³-hybridized carbons (Fsp3) is 0.476. The molecule has 0 saturated carbocycles. The van der Waals surface area contributed by atoms with Crippen molar-refractivity contribution in [1.82, 2.24) is 29.7 Å². The van der Waals surface area contributed by atoms with E-state index in [4.69, 9.17) is 20.4 Å². The number of amides is 1. The largest absolute Gasteiger partial charge is 0.465 e. The van der Waals surface area contributed by atoms with Crippen LogP contribution >= 0.6 is 11.3 Å². The minimum Gasteiger partial charge on any atom is -0.465 e. The first kappa shape index (κ1) is 21.7. The number of hydrogen-bond acceptors (Lipinski definition) is 10. The summed E-state index contributed by atoms with van der Waals surface area (Å²) < 4.78 is 6.61. The summed E-state index contributed by atoms with van der Waals surface area (Å²) in [5.74, 6) is 1.70. The van der Waals surface area contributed by atoms with E-state index in [1.807, 2.05) is 0 Å². The minimum atomic E-state index is -0.850. The number of thiophene rings is 1. The van der Waals surface area contributed by atoms with E-state index in [0.717, 1.165) is 59.9 Å². The van der Waals surface area contributed by atoms with E-state index in [2.05, 4.69) is 26.7 Å². The van der Waals surface area contributed by atoms with Gasteiger partial charge < -0.3 is 25.4 Å². The zero-order valence-corrected chi connectivity index (χ0v) is 19.2. The normalized spacial score (nSPS) is 17.6. The second-order valence-electron chi connectivity index (χ2n) is 8.17. The molecule has 0 aromatic carbocycles. The molecule has 0 unspecified atom stereocenters. The van der Waals surface area contributed by atoms with Crippen LogP contribution in [-0.2, 0) is 11.3 Å². The fourth-order valence-corrected chi connectivity index (χ4v) is 5.45. The van der Waals surface area contributed by atoms with E-state index in [-0.39, 0.29) is 5.95 Å². The second kappa shape index (κ2) is 9.04. The van der Waals surface area contributed by atoms with Gasteiger partial charge in [-0.25, -0.2) is 24.7 Å². The van der Waals surface area contributed by atoms with Gasteiger partial charge in [0.15, 0.2) is 11.6 Å². The van der Waals surface area contributed by atoms with Crippen LogP contribution in [-0.4, -0.2) is 93.4 Å². The monoisotopic (exact) mass is 470 g/mol. The quantitative estimate of drug-likeness (QED) is 0.580. The van der Waals surface area contributed by atoms with E-state index in [1.54, 1.807) is 23.7 Å². The number of morpholine rings is 1. The Kier molecular flexibility index (Phi) is 5.96. The highest BCUT2D eigenvalue weighted by Crippen LogP contribution is 2.38. The molecule has 2 fully saturated rings. The number of aromatic nitrogens is 4. The van der Waals surface area contributed by atoms with Crippen LogP contribution in [0.4, 0.5) is 16.6 Å². The molecular weight excluding hydrogens is 444 g/mol. The summed E-state index contributed by atoms with van der Waals surface area (Å²) in [6, 6.07) is 0. The predicted molar refractivity (Wildman–Crippen MR) is 125 cm³/mol. The van der Waals surface area contributed by atoms with Gasteiger partial charge in [-0.05, 0) is 12.5 Å². The van der Waals surface area contributed by atoms with Crippen LogP contribution in [0.25, 0.3) is 21.6 Å². The summed E-state index contributed by atoms with van der Waals surface area (Å²) in [6.07, 6.45) is 2.45. The number of rotatable bonds is 4. The zero-order chi connectivity index (χ0) is 22.9. The van der Waals surface area contributed by atoms with Gasteiger partial charge >= 0.3 is 6.09 Å². The Balaban J connectivity index is 1.51. The number of carbonyl (C=O) groups is 1. The molecule has 174 valence electrons. The lowest BCUT2D eigenvalue weighted by molar-refractivity contribution is 0.103.